The van der Waals surface area contributed by atoms with Gasteiger partial charge >= 0.3 is 12.0 Å². The Labute approximate surface area is 99.3 Å². The Morgan fingerprint density at radius 3 is 2.50 bits per heavy atom. The molecule has 0 aliphatic carbocycles. The highest BCUT2D eigenvalue weighted by Gasteiger charge is 2.34. The fourth-order valence-corrected chi connectivity index (χ4v) is 1.25. The van der Waals surface area contributed by atoms with E-state index in [1.54, 1.807) is 0 Å². The summed E-state index contributed by atoms with van der Waals surface area (Å²) in [5, 5.41) is 10.6. The highest BCUT2D eigenvalue weighted by atomic mass is 19.4. The van der Waals surface area contributed by atoms with Crippen LogP contribution in [0.25, 0.3) is 0 Å². The van der Waals surface area contributed by atoms with Crippen LogP contribution in [0.2, 0.25) is 0 Å². The largest absolute Gasteiger partial charge is 0.573 e. The lowest BCUT2D eigenvalue weighted by molar-refractivity contribution is -0.388. The van der Waals surface area contributed by atoms with Crippen molar-refractivity contribution in [3.8, 4) is 5.75 Å². The molecule has 0 saturated carbocycles. The lowest BCUT2D eigenvalue weighted by Crippen LogP contribution is -2.18. The average Bonchev–Trinajstić information content (AvgIpc) is 2.26. The number of hydrogen-bond donors (Lipinski definition) is 0. The molecule has 0 aliphatic heterocycles. The topological polar surface area (TPSA) is 69.4 Å². The number of halogens is 3. The van der Waals surface area contributed by atoms with Gasteiger partial charge in [0.2, 0.25) is 5.75 Å². The molecule has 0 aliphatic rings. The van der Waals surface area contributed by atoms with Crippen molar-refractivity contribution in [2.45, 2.75) is 19.7 Å². The van der Waals surface area contributed by atoms with Crippen molar-refractivity contribution in [3.63, 3.8) is 0 Å². The van der Waals surface area contributed by atoms with Crippen molar-refractivity contribution in [3.05, 3.63) is 33.9 Å². The van der Waals surface area contributed by atoms with Crippen molar-refractivity contribution >= 4 is 11.5 Å². The number of ether oxygens (including phenoxy) is 1. The Balaban J connectivity index is 3.21. The van der Waals surface area contributed by atoms with Crippen LogP contribution in [0.4, 0.5) is 18.9 Å². The molecule has 0 aromatic heterocycles. The first-order chi connectivity index (χ1) is 8.24. The first kappa shape index (κ1) is 13.9. The molecule has 0 saturated heterocycles. The zero-order valence-electron chi connectivity index (χ0n) is 9.15. The van der Waals surface area contributed by atoms with Gasteiger partial charge in [-0.3, -0.25) is 14.9 Å². The summed E-state index contributed by atoms with van der Waals surface area (Å²) < 4.78 is 39.5. The number of benzene rings is 1. The third-order valence-electron chi connectivity index (χ3n) is 2.02. The van der Waals surface area contributed by atoms with E-state index >= 15 is 0 Å². The fraction of sp³-hybridized carbons (Fsp3) is 0.300. The van der Waals surface area contributed by atoms with E-state index in [0.717, 1.165) is 18.2 Å². The Kier molecular flexibility index (Phi) is 3.89. The van der Waals surface area contributed by atoms with E-state index in [2.05, 4.69) is 4.74 Å². The summed E-state index contributed by atoms with van der Waals surface area (Å²) in [6.07, 6.45) is -4.93. The number of nitro groups is 1. The predicted octanol–water partition coefficient (Wildman–Crippen LogP) is 3.09. The van der Waals surface area contributed by atoms with E-state index in [1.807, 2.05) is 0 Å². The normalized spacial score (nSPS) is 11.1. The molecule has 0 N–H and O–H groups in total. The highest BCUT2D eigenvalue weighted by molar-refractivity contribution is 5.96. The lowest BCUT2D eigenvalue weighted by Gasteiger charge is -2.09. The molecule has 0 heterocycles. The summed E-state index contributed by atoms with van der Waals surface area (Å²) in [6, 6.07) is 2.58. The number of nitro benzene ring substituents is 1. The van der Waals surface area contributed by atoms with Crippen molar-refractivity contribution in [1.82, 2.24) is 0 Å². The number of alkyl halides is 3. The second-order valence-corrected chi connectivity index (χ2v) is 3.26. The Morgan fingerprint density at radius 2 is 2.06 bits per heavy atom. The van der Waals surface area contributed by atoms with Crippen LogP contribution in [0.1, 0.15) is 23.7 Å². The predicted molar refractivity (Wildman–Crippen MR) is 54.4 cm³/mol. The first-order valence-corrected chi connectivity index (χ1v) is 4.82. The maximum absolute atomic E-state index is 12.0. The van der Waals surface area contributed by atoms with Gasteiger partial charge in [0.05, 0.1) is 4.92 Å². The monoisotopic (exact) mass is 263 g/mol. The molecule has 1 aromatic rings. The zero-order chi connectivity index (χ0) is 13.9. The zero-order valence-corrected chi connectivity index (χ0v) is 9.15. The molecule has 0 radical (unpaired) electrons. The van der Waals surface area contributed by atoms with Crippen LogP contribution in [0.5, 0.6) is 5.75 Å². The van der Waals surface area contributed by atoms with Crippen LogP contribution in [-0.4, -0.2) is 17.1 Å². The molecular formula is C10H8F3NO4. The van der Waals surface area contributed by atoms with Crippen LogP contribution in [0.3, 0.4) is 0 Å². The Hall–Kier alpha value is -2.12. The fourth-order valence-electron chi connectivity index (χ4n) is 1.25. The Morgan fingerprint density at radius 1 is 1.44 bits per heavy atom. The second-order valence-electron chi connectivity index (χ2n) is 3.26. The van der Waals surface area contributed by atoms with Gasteiger partial charge in [0, 0.05) is 18.1 Å². The summed E-state index contributed by atoms with van der Waals surface area (Å²) in [7, 11) is 0. The molecule has 1 aromatic carbocycles. The molecule has 0 bridgehead atoms. The number of hydrogen-bond acceptors (Lipinski definition) is 4. The molecule has 18 heavy (non-hydrogen) atoms. The van der Waals surface area contributed by atoms with E-state index in [1.165, 1.54) is 6.92 Å². The SMILES string of the molecule is CCC(=O)c1ccc(OC(F)(F)F)c([N+](=O)[O-])c1. The smallest absolute Gasteiger partial charge is 0.398 e. The van der Waals surface area contributed by atoms with E-state index < -0.39 is 28.5 Å². The quantitative estimate of drug-likeness (QED) is 0.475. The van der Waals surface area contributed by atoms with Crippen LogP contribution >= 0.6 is 0 Å². The minimum absolute atomic E-state index is 0.0290. The number of carbonyl (C=O) groups excluding carboxylic acids is 1. The van der Waals surface area contributed by atoms with Crippen molar-refractivity contribution in [2.24, 2.45) is 0 Å². The van der Waals surface area contributed by atoms with E-state index in [-0.39, 0.29) is 12.0 Å². The molecule has 0 amide bonds. The van der Waals surface area contributed by atoms with Gasteiger partial charge in [-0.2, -0.15) is 0 Å². The van der Waals surface area contributed by atoms with Gasteiger partial charge in [0.25, 0.3) is 0 Å². The molecule has 98 valence electrons. The van der Waals surface area contributed by atoms with Crippen LogP contribution in [0, 0.1) is 10.1 Å². The minimum Gasteiger partial charge on any atom is -0.398 e. The molecule has 1 rings (SSSR count). The van der Waals surface area contributed by atoms with Crippen LogP contribution in [-0.2, 0) is 0 Å². The van der Waals surface area contributed by atoms with Gasteiger partial charge in [-0.05, 0) is 12.1 Å². The first-order valence-electron chi connectivity index (χ1n) is 4.82. The van der Waals surface area contributed by atoms with Gasteiger partial charge in [-0.15, -0.1) is 13.2 Å². The van der Waals surface area contributed by atoms with Gasteiger partial charge in [-0.25, -0.2) is 0 Å². The number of Topliss-reactive ketones (excluding diaryl/α,β-unsaturated/α-hetero) is 1. The van der Waals surface area contributed by atoms with Crippen LogP contribution < -0.4 is 4.74 Å². The summed E-state index contributed by atoms with van der Waals surface area (Å²) in [6.45, 7) is 1.54. The van der Waals surface area contributed by atoms with Crippen molar-refractivity contribution in [1.29, 1.82) is 0 Å². The minimum atomic E-state index is -5.03. The average molecular weight is 263 g/mol. The molecule has 0 fully saturated rings. The summed E-state index contributed by atoms with van der Waals surface area (Å²) >= 11 is 0. The molecule has 8 heteroatoms. The van der Waals surface area contributed by atoms with E-state index in [0.29, 0.717) is 0 Å². The van der Waals surface area contributed by atoms with Gasteiger partial charge in [-0.1, -0.05) is 6.92 Å². The van der Waals surface area contributed by atoms with Gasteiger partial charge in [0.1, 0.15) is 0 Å². The molecule has 0 unspecified atom stereocenters. The summed E-state index contributed by atoms with van der Waals surface area (Å²) in [5.74, 6) is -1.35. The maximum atomic E-state index is 12.0. The molecule has 0 spiro atoms. The van der Waals surface area contributed by atoms with Gasteiger partial charge in [0.15, 0.2) is 5.78 Å². The molecule has 0 atom stereocenters. The van der Waals surface area contributed by atoms with E-state index in [9.17, 15) is 28.1 Å². The third-order valence-corrected chi connectivity index (χ3v) is 2.02. The highest BCUT2D eigenvalue weighted by Crippen LogP contribution is 2.32. The Bertz CT molecular complexity index is 485. The maximum Gasteiger partial charge on any atom is 0.573 e. The van der Waals surface area contributed by atoms with Crippen LogP contribution in [0.15, 0.2) is 18.2 Å². The van der Waals surface area contributed by atoms with Crippen molar-refractivity contribution in [2.75, 3.05) is 0 Å². The summed E-state index contributed by atoms with van der Waals surface area (Å²) in [4.78, 5) is 20.9. The van der Waals surface area contributed by atoms with Gasteiger partial charge < -0.3 is 4.74 Å². The second kappa shape index (κ2) is 5.03. The summed E-state index contributed by atoms with van der Waals surface area (Å²) in [5.41, 5.74) is -0.926. The third kappa shape index (κ3) is 3.44. The number of nitrogens with zero attached hydrogens (tertiary/aromatic N) is 1. The van der Waals surface area contributed by atoms with E-state index in [4.69, 9.17) is 0 Å². The lowest BCUT2D eigenvalue weighted by atomic mass is 10.1. The number of rotatable bonds is 4. The van der Waals surface area contributed by atoms with Crippen molar-refractivity contribution < 1.29 is 27.6 Å². The molecular weight excluding hydrogens is 255 g/mol. The standard InChI is InChI=1S/C10H8F3NO4/c1-2-8(15)6-3-4-9(18-10(11,12)13)7(5-6)14(16)17/h3-5H,2H2,1H3. The molecule has 5 nitrogen and oxygen atoms in total. The number of carbonyl (C=O) groups is 1. The number of ketones is 1.